The maximum absolute atomic E-state index is 13.2. The van der Waals surface area contributed by atoms with E-state index in [1.54, 1.807) is 18.2 Å². The number of urea groups is 1. The molecule has 30 heavy (non-hydrogen) atoms. The summed E-state index contributed by atoms with van der Waals surface area (Å²) in [5.41, 5.74) is 0.319. The summed E-state index contributed by atoms with van der Waals surface area (Å²) < 4.78 is 5.65. The summed E-state index contributed by atoms with van der Waals surface area (Å²) in [4.78, 5) is 29.2. The maximum atomic E-state index is 13.2. The molecular weight excluding hydrogens is 425 g/mol. The highest BCUT2D eigenvalue weighted by atomic mass is 35.5. The Balaban J connectivity index is 1.39. The van der Waals surface area contributed by atoms with E-state index in [2.05, 4.69) is 22.3 Å². The van der Waals surface area contributed by atoms with Gasteiger partial charge in [0, 0.05) is 13.1 Å². The van der Waals surface area contributed by atoms with Gasteiger partial charge in [-0.25, -0.2) is 4.79 Å². The molecule has 0 saturated carbocycles. The molecule has 1 spiro atoms. The van der Waals surface area contributed by atoms with Crippen LogP contribution < -0.4 is 10.1 Å². The number of hydrogen-bond donors (Lipinski definition) is 1. The Morgan fingerprint density at radius 1 is 1.03 bits per heavy atom. The van der Waals surface area contributed by atoms with Crippen LogP contribution in [0, 0.1) is 0 Å². The van der Waals surface area contributed by atoms with Gasteiger partial charge in [-0.15, -0.1) is 0 Å². The van der Waals surface area contributed by atoms with Crippen LogP contribution in [0.3, 0.4) is 0 Å². The lowest BCUT2D eigenvalue weighted by atomic mass is 9.88. The molecule has 2 aromatic carbocycles. The smallest absolute Gasteiger partial charge is 0.325 e. The van der Waals surface area contributed by atoms with Crippen molar-refractivity contribution in [1.82, 2.24) is 15.1 Å². The standard InChI is InChI=1S/C22H23Cl2N3O3/c23-17-8-4-9-18(24)19(17)30-13-12-27-20(28)22(25-21(27)29)10-5-11-26(15-22)14-16-6-2-1-3-7-16/h1-4,6-9H,5,10-15H2,(H,25,29). The third-order valence-electron chi connectivity index (χ3n) is 5.55. The van der Waals surface area contributed by atoms with Gasteiger partial charge in [-0.05, 0) is 37.1 Å². The van der Waals surface area contributed by atoms with E-state index in [0.29, 0.717) is 28.8 Å². The van der Waals surface area contributed by atoms with Crippen LogP contribution in [0.2, 0.25) is 10.0 Å². The first-order valence-electron chi connectivity index (χ1n) is 9.96. The molecule has 2 aliphatic heterocycles. The lowest BCUT2D eigenvalue weighted by Crippen LogP contribution is -2.58. The van der Waals surface area contributed by atoms with Crippen molar-refractivity contribution < 1.29 is 14.3 Å². The van der Waals surface area contributed by atoms with Gasteiger partial charge < -0.3 is 10.1 Å². The minimum atomic E-state index is -0.869. The van der Waals surface area contributed by atoms with Crippen LogP contribution in [0.5, 0.6) is 5.75 Å². The van der Waals surface area contributed by atoms with E-state index >= 15 is 0 Å². The molecule has 3 amide bonds. The molecule has 2 aliphatic rings. The normalized spacial score (nSPS) is 21.9. The number of nitrogens with zero attached hydrogens (tertiary/aromatic N) is 2. The van der Waals surface area contributed by atoms with Crippen LogP contribution in [0.4, 0.5) is 4.79 Å². The first-order chi connectivity index (χ1) is 14.5. The lowest BCUT2D eigenvalue weighted by Gasteiger charge is -2.38. The van der Waals surface area contributed by atoms with E-state index in [1.165, 1.54) is 10.5 Å². The first-order valence-corrected chi connectivity index (χ1v) is 10.7. The molecule has 6 nitrogen and oxygen atoms in total. The predicted octanol–water partition coefficient (Wildman–Crippen LogP) is 3.96. The molecular formula is C22H23Cl2N3O3. The average Bonchev–Trinajstić information content (AvgIpc) is 2.94. The summed E-state index contributed by atoms with van der Waals surface area (Å²) >= 11 is 12.2. The number of piperidine rings is 1. The van der Waals surface area contributed by atoms with Gasteiger partial charge in [0.25, 0.3) is 5.91 Å². The number of nitrogens with one attached hydrogen (secondary N) is 1. The summed E-state index contributed by atoms with van der Waals surface area (Å²) in [7, 11) is 0. The number of carbonyl (C=O) groups is 2. The molecule has 4 rings (SSSR count). The maximum Gasteiger partial charge on any atom is 0.325 e. The Morgan fingerprint density at radius 2 is 1.77 bits per heavy atom. The van der Waals surface area contributed by atoms with Crippen LogP contribution in [-0.2, 0) is 11.3 Å². The van der Waals surface area contributed by atoms with Crippen molar-refractivity contribution in [3.8, 4) is 5.75 Å². The number of hydrogen-bond acceptors (Lipinski definition) is 4. The van der Waals surface area contributed by atoms with Gasteiger partial charge in [-0.1, -0.05) is 59.6 Å². The number of halogens is 2. The molecule has 1 atom stereocenters. The fourth-order valence-corrected chi connectivity index (χ4v) is 4.64. The van der Waals surface area contributed by atoms with Crippen LogP contribution in [-0.4, -0.2) is 53.5 Å². The van der Waals surface area contributed by atoms with Crippen molar-refractivity contribution >= 4 is 35.1 Å². The van der Waals surface area contributed by atoms with Crippen molar-refractivity contribution in [2.24, 2.45) is 0 Å². The number of imide groups is 1. The minimum Gasteiger partial charge on any atom is -0.489 e. The molecule has 0 radical (unpaired) electrons. The van der Waals surface area contributed by atoms with E-state index < -0.39 is 5.54 Å². The largest absolute Gasteiger partial charge is 0.489 e. The van der Waals surface area contributed by atoms with Gasteiger partial charge in [0.05, 0.1) is 16.6 Å². The summed E-state index contributed by atoms with van der Waals surface area (Å²) in [6.07, 6.45) is 1.48. The molecule has 158 valence electrons. The Labute approximate surface area is 185 Å². The zero-order valence-electron chi connectivity index (χ0n) is 16.4. The highest BCUT2D eigenvalue weighted by Crippen LogP contribution is 2.33. The second kappa shape index (κ2) is 8.84. The summed E-state index contributed by atoms with van der Waals surface area (Å²) in [5.74, 6) is 0.161. The molecule has 2 aromatic rings. The van der Waals surface area contributed by atoms with Crippen molar-refractivity contribution in [3.05, 3.63) is 64.1 Å². The number of rotatable bonds is 6. The number of amides is 3. The zero-order valence-corrected chi connectivity index (χ0v) is 18.0. The molecule has 2 fully saturated rings. The van der Waals surface area contributed by atoms with Crippen molar-refractivity contribution in [2.45, 2.75) is 24.9 Å². The van der Waals surface area contributed by atoms with Gasteiger partial charge in [-0.2, -0.15) is 0 Å². The highest BCUT2D eigenvalue weighted by Gasteiger charge is 2.52. The second-order valence-electron chi connectivity index (χ2n) is 7.67. The van der Waals surface area contributed by atoms with Gasteiger partial charge >= 0.3 is 6.03 Å². The molecule has 0 aromatic heterocycles. The molecule has 0 bridgehead atoms. The van der Waals surface area contributed by atoms with E-state index in [4.69, 9.17) is 27.9 Å². The van der Waals surface area contributed by atoms with Gasteiger partial charge in [0.15, 0.2) is 5.75 Å². The summed E-state index contributed by atoms with van der Waals surface area (Å²) in [6.45, 7) is 2.40. The third-order valence-corrected chi connectivity index (χ3v) is 6.14. The Bertz CT molecular complexity index is 920. The van der Waals surface area contributed by atoms with Crippen LogP contribution in [0.15, 0.2) is 48.5 Å². The molecule has 8 heteroatoms. The number of benzene rings is 2. The van der Waals surface area contributed by atoms with Crippen LogP contribution in [0.1, 0.15) is 18.4 Å². The average molecular weight is 448 g/mol. The van der Waals surface area contributed by atoms with Crippen molar-refractivity contribution in [1.29, 1.82) is 0 Å². The molecule has 0 aliphatic carbocycles. The van der Waals surface area contributed by atoms with Gasteiger partial charge in [-0.3, -0.25) is 14.6 Å². The van der Waals surface area contributed by atoms with E-state index in [9.17, 15) is 9.59 Å². The Morgan fingerprint density at radius 3 is 2.50 bits per heavy atom. The second-order valence-corrected chi connectivity index (χ2v) is 8.48. The Hall–Kier alpha value is -2.28. The topological polar surface area (TPSA) is 61.9 Å². The highest BCUT2D eigenvalue weighted by molar-refractivity contribution is 6.37. The van der Waals surface area contributed by atoms with E-state index in [1.807, 2.05) is 18.2 Å². The van der Waals surface area contributed by atoms with E-state index in [-0.39, 0.29) is 25.1 Å². The fraction of sp³-hybridized carbons (Fsp3) is 0.364. The van der Waals surface area contributed by atoms with Crippen molar-refractivity contribution in [2.75, 3.05) is 26.2 Å². The minimum absolute atomic E-state index is 0.117. The Kier molecular flexibility index (Phi) is 6.18. The molecule has 2 saturated heterocycles. The van der Waals surface area contributed by atoms with E-state index in [0.717, 1.165) is 19.5 Å². The number of carbonyl (C=O) groups excluding carboxylic acids is 2. The summed E-state index contributed by atoms with van der Waals surface area (Å²) in [5, 5.41) is 3.72. The fourth-order valence-electron chi connectivity index (χ4n) is 4.14. The molecule has 2 heterocycles. The summed E-state index contributed by atoms with van der Waals surface area (Å²) in [6, 6.07) is 14.8. The number of para-hydroxylation sites is 1. The number of likely N-dealkylation sites (tertiary alicyclic amines) is 1. The number of ether oxygens (including phenoxy) is 1. The molecule has 1 unspecified atom stereocenters. The monoisotopic (exact) mass is 447 g/mol. The predicted molar refractivity (Wildman–Crippen MR) is 116 cm³/mol. The zero-order chi connectivity index (χ0) is 21.1. The van der Waals surface area contributed by atoms with Gasteiger partial charge in [0.2, 0.25) is 0 Å². The molecule has 1 N–H and O–H groups in total. The third kappa shape index (κ3) is 4.26. The van der Waals surface area contributed by atoms with Gasteiger partial charge in [0.1, 0.15) is 12.1 Å². The van der Waals surface area contributed by atoms with Crippen molar-refractivity contribution in [3.63, 3.8) is 0 Å². The van der Waals surface area contributed by atoms with Crippen LogP contribution in [0.25, 0.3) is 0 Å². The quantitative estimate of drug-likeness (QED) is 0.680. The van der Waals surface area contributed by atoms with Crippen LogP contribution >= 0.6 is 23.2 Å². The lowest BCUT2D eigenvalue weighted by molar-refractivity contribution is -0.133. The first kappa shape index (κ1) is 21.0. The SMILES string of the molecule is O=C1NC2(CCCN(Cc3ccccc3)C2)C(=O)N1CCOc1c(Cl)cccc1Cl.